The Bertz CT molecular complexity index is 551. The highest BCUT2D eigenvalue weighted by molar-refractivity contribution is 5.98. The minimum atomic E-state index is -0.673. The summed E-state index contributed by atoms with van der Waals surface area (Å²) in [6, 6.07) is -0.471. The van der Waals surface area contributed by atoms with Gasteiger partial charge in [-0.15, -0.1) is 0 Å². The van der Waals surface area contributed by atoms with Gasteiger partial charge in [-0.3, -0.25) is 9.69 Å². The number of aromatic nitrogens is 1. The number of esters is 1. The third kappa shape index (κ3) is 2.63. The Hall–Kier alpha value is -2.38. The van der Waals surface area contributed by atoms with Gasteiger partial charge in [0.1, 0.15) is 11.3 Å². The van der Waals surface area contributed by atoms with Crippen LogP contribution < -0.4 is 5.32 Å². The smallest absolute Gasteiger partial charge is 0.344 e. The molecule has 1 fully saturated rings. The van der Waals surface area contributed by atoms with Crippen LogP contribution in [0.3, 0.4) is 0 Å². The van der Waals surface area contributed by atoms with E-state index in [4.69, 9.17) is 9.26 Å². The van der Waals surface area contributed by atoms with Gasteiger partial charge in [0.2, 0.25) is 0 Å². The van der Waals surface area contributed by atoms with E-state index in [-0.39, 0.29) is 12.1 Å². The zero-order valence-electron chi connectivity index (χ0n) is 11.3. The molecule has 20 heavy (non-hydrogen) atoms. The van der Waals surface area contributed by atoms with Crippen molar-refractivity contribution in [1.82, 2.24) is 15.4 Å². The molecule has 8 heteroatoms. The molecule has 108 valence electrons. The first kappa shape index (κ1) is 14.0. The Morgan fingerprint density at radius 2 is 2.25 bits per heavy atom. The number of aryl methyl sites for hydroxylation is 2. The molecule has 0 saturated carbocycles. The quantitative estimate of drug-likeness (QED) is 0.794. The van der Waals surface area contributed by atoms with E-state index in [9.17, 15) is 14.4 Å². The summed E-state index contributed by atoms with van der Waals surface area (Å²) in [6.45, 7) is 3.62. The van der Waals surface area contributed by atoms with E-state index >= 15 is 0 Å². The monoisotopic (exact) mass is 281 g/mol. The van der Waals surface area contributed by atoms with Crippen LogP contribution in [0.15, 0.2) is 4.52 Å². The van der Waals surface area contributed by atoms with Crippen molar-refractivity contribution in [2.24, 2.45) is 0 Å². The minimum Gasteiger partial charge on any atom is -0.452 e. The molecule has 1 aromatic rings. The lowest BCUT2D eigenvalue weighted by atomic mass is 10.1. The van der Waals surface area contributed by atoms with Gasteiger partial charge in [-0.1, -0.05) is 12.1 Å². The molecule has 0 atom stereocenters. The van der Waals surface area contributed by atoms with Gasteiger partial charge in [-0.25, -0.2) is 9.59 Å². The number of carbonyl (C=O) groups is 3. The Kier molecular flexibility index (Phi) is 4.02. The summed E-state index contributed by atoms with van der Waals surface area (Å²) in [5.41, 5.74) is 0.727. The van der Waals surface area contributed by atoms with Gasteiger partial charge in [0.15, 0.2) is 6.61 Å². The molecule has 2 heterocycles. The van der Waals surface area contributed by atoms with Crippen molar-refractivity contribution in [3.8, 4) is 0 Å². The van der Waals surface area contributed by atoms with Crippen LogP contribution in [0.4, 0.5) is 4.79 Å². The Balaban J connectivity index is 1.97. The first-order valence-electron chi connectivity index (χ1n) is 6.25. The van der Waals surface area contributed by atoms with E-state index in [1.165, 1.54) is 0 Å². The van der Waals surface area contributed by atoms with Crippen LogP contribution in [0.1, 0.15) is 28.7 Å². The normalized spacial score (nSPS) is 14.3. The van der Waals surface area contributed by atoms with Crippen LogP contribution in [0.25, 0.3) is 0 Å². The summed E-state index contributed by atoms with van der Waals surface area (Å²) in [6.07, 6.45) is 0.518. The molecule has 1 aliphatic rings. The summed E-state index contributed by atoms with van der Waals surface area (Å²) in [5.74, 6) is -0.882. The molecule has 0 spiro atoms. The van der Waals surface area contributed by atoms with E-state index in [0.717, 1.165) is 4.90 Å². The number of hydrogen-bond acceptors (Lipinski definition) is 6. The number of ether oxygens (including phenoxy) is 1. The Labute approximate surface area is 115 Å². The molecule has 1 aromatic heterocycles. The molecular formula is C12H15N3O5. The zero-order chi connectivity index (χ0) is 14.7. The average molecular weight is 281 g/mol. The maximum atomic E-state index is 11.9. The van der Waals surface area contributed by atoms with E-state index in [0.29, 0.717) is 24.4 Å². The van der Waals surface area contributed by atoms with Gasteiger partial charge in [-0.05, 0) is 13.3 Å². The standard InChI is InChI=1S/C12H15N3O5/c1-3-8-10(7(2)20-14-8)11(17)19-6-9(16)15-5-4-13-12(15)18/h3-6H2,1-2H3,(H,13,18). The number of imide groups is 1. The molecule has 1 saturated heterocycles. The van der Waals surface area contributed by atoms with Crippen molar-refractivity contribution in [1.29, 1.82) is 0 Å². The van der Waals surface area contributed by atoms with Gasteiger partial charge in [0, 0.05) is 13.1 Å². The van der Waals surface area contributed by atoms with E-state index in [1.54, 1.807) is 6.92 Å². The minimum absolute atomic E-state index is 0.242. The number of hydrogen-bond donors (Lipinski definition) is 1. The van der Waals surface area contributed by atoms with Crippen LogP contribution in [0.2, 0.25) is 0 Å². The molecule has 2 rings (SSSR count). The van der Waals surface area contributed by atoms with Crippen LogP contribution in [0.5, 0.6) is 0 Å². The predicted octanol–water partition coefficient (Wildman–Crippen LogP) is 0.254. The fraction of sp³-hybridized carbons (Fsp3) is 0.500. The maximum Gasteiger partial charge on any atom is 0.344 e. The van der Waals surface area contributed by atoms with Crippen molar-refractivity contribution in [2.75, 3.05) is 19.7 Å². The van der Waals surface area contributed by atoms with Crippen LogP contribution in [-0.4, -0.2) is 47.7 Å². The zero-order valence-corrected chi connectivity index (χ0v) is 11.3. The summed E-state index contributed by atoms with van der Waals surface area (Å²) < 4.78 is 9.84. The Morgan fingerprint density at radius 1 is 1.50 bits per heavy atom. The van der Waals surface area contributed by atoms with E-state index in [1.807, 2.05) is 6.92 Å². The molecular weight excluding hydrogens is 266 g/mol. The molecule has 8 nitrogen and oxygen atoms in total. The molecule has 0 aliphatic carbocycles. The second kappa shape index (κ2) is 5.72. The molecule has 0 bridgehead atoms. The second-order valence-electron chi connectivity index (χ2n) is 4.27. The van der Waals surface area contributed by atoms with Gasteiger partial charge in [0.25, 0.3) is 5.91 Å². The highest BCUT2D eigenvalue weighted by Crippen LogP contribution is 2.15. The first-order valence-corrected chi connectivity index (χ1v) is 6.25. The average Bonchev–Trinajstić information content (AvgIpc) is 3.01. The number of carbonyl (C=O) groups excluding carboxylic acids is 3. The highest BCUT2D eigenvalue weighted by Gasteiger charge is 2.28. The van der Waals surface area contributed by atoms with Crippen molar-refractivity contribution < 1.29 is 23.6 Å². The van der Waals surface area contributed by atoms with Gasteiger partial charge in [-0.2, -0.15) is 0 Å². The number of nitrogens with zero attached hydrogens (tertiary/aromatic N) is 2. The molecule has 1 N–H and O–H groups in total. The topological polar surface area (TPSA) is 102 Å². The number of nitrogens with one attached hydrogen (secondary N) is 1. The van der Waals surface area contributed by atoms with Crippen LogP contribution in [-0.2, 0) is 16.0 Å². The lowest BCUT2D eigenvalue weighted by molar-refractivity contribution is -0.130. The molecule has 1 aliphatic heterocycles. The third-order valence-electron chi connectivity index (χ3n) is 2.96. The fourth-order valence-electron chi connectivity index (χ4n) is 1.91. The first-order chi connectivity index (χ1) is 9.54. The Morgan fingerprint density at radius 3 is 2.85 bits per heavy atom. The van der Waals surface area contributed by atoms with Crippen LogP contribution in [0, 0.1) is 6.92 Å². The largest absolute Gasteiger partial charge is 0.452 e. The van der Waals surface area contributed by atoms with Crippen molar-refractivity contribution in [3.63, 3.8) is 0 Å². The molecule has 0 unspecified atom stereocenters. The van der Waals surface area contributed by atoms with Gasteiger partial charge >= 0.3 is 12.0 Å². The predicted molar refractivity (Wildman–Crippen MR) is 66.0 cm³/mol. The van der Waals surface area contributed by atoms with Crippen molar-refractivity contribution >= 4 is 17.9 Å². The summed E-state index contributed by atoms with van der Waals surface area (Å²) >= 11 is 0. The summed E-state index contributed by atoms with van der Waals surface area (Å²) in [7, 11) is 0. The van der Waals surface area contributed by atoms with Crippen molar-refractivity contribution in [2.45, 2.75) is 20.3 Å². The number of amides is 3. The fourth-order valence-corrected chi connectivity index (χ4v) is 1.91. The van der Waals surface area contributed by atoms with Gasteiger partial charge < -0.3 is 14.6 Å². The molecule has 0 radical (unpaired) electrons. The lowest BCUT2D eigenvalue weighted by Gasteiger charge is -2.12. The van der Waals surface area contributed by atoms with Crippen molar-refractivity contribution in [3.05, 3.63) is 17.0 Å². The second-order valence-corrected chi connectivity index (χ2v) is 4.27. The van der Waals surface area contributed by atoms with E-state index in [2.05, 4.69) is 10.5 Å². The highest BCUT2D eigenvalue weighted by atomic mass is 16.5. The SMILES string of the molecule is CCc1noc(C)c1C(=O)OCC(=O)N1CCNC1=O. The maximum absolute atomic E-state index is 11.9. The number of rotatable bonds is 4. The van der Waals surface area contributed by atoms with E-state index < -0.39 is 24.5 Å². The summed E-state index contributed by atoms with van der Waals surface area (Å²) in [5, 5.41) is 6.23. The number of urea groups is 1. The molecule has 0 aromatic carbocycles. The molecule has 3 amide bonds. The third-order valence-corrected chi connectivity index (χ3v) is 2.96. The van der Waals surface area contributed by atoms with Crippen LogP contribution >= 0.6 is 0 Å². The lowest BCUT2D eigenvalue weighted by Crippen LogP contribution is -2.37. The van der Waals surface area contributed by atoms with Gasteiger partial charge in [0.05, 0.1) is 5.69 Å². The summed E-state index contributed by atoms with van der Waals surface area (Å²) in [4.78, 5) is 35.9.